The summed E-state index contributed by atoms with van der Waals surface area (Å²) >= 11 is 0. The lowest BCUT2D eigenvalue weighted by Gasteiger charge is -2.12. The Labute approximate surface area is 90.6 Å². The van der Waals surface area contributed by atoms with Crippen LogP contribution >= 0.6 is 0 Å². The minimum Gasteiger partial charge on any atom is -0.410 e. The van der Waals surface area contributed by atoms with Crippen LogP contribution in [0.2, 0.25) is 0 Å². The topological polar surface area (TPSA) is 53.3 Å². The van der Waals surface area contributed by atoms with Crippen LogP contribution in [0.25, 0.3) is 0 Å². The standard InChI is InChI=1S/C10H8F2N2O2/c1-14(5-4-13)10(15)16-7-2-3-8(11)9(12)6-7/h2-3,6H,5H2,1H3. The molecule has 16 heavy (non-hydrogen) atoms. The molecule has 6 heteroatoms. The number of rotatable bonds is 2. The van der Waals surface area contributed by atoms with E-state index in [1.165, 1.54) is 7.05 Å². The summed E-state index contributed by atoms with van der Waals surface area (Å²) in [6, 6.07) is 4.47. The number of amides is 1. The lowest BCUT2D eigenvalue weighted by molar-refractivity contribution is 0.167. The number of hydrogen-bond donors (Lipinski definition) is 0. The van der Waals surface area contributed by atoms with Gasteiger partial charge in [0.15, 0.2) is 11.6 Å². The molecule has 1 amide bonds. The predicted molar refractivity (Wildman–Crippen MR) is 50.6 cm³/mol. The average Bonchev–Trinajstić information content (AvgIpc) is 2.24. The van der Waals surface area contributed by atoms with Crippen LogP contribution in [0.1, 0.15) is 0 Å². The fourth-order valence-corrected chi connectivity index (χ4v) is 0.890. The van der Waals surface area contributed by atoms with E-state index in [9.17, 15) is 13.6 Å². The third kappa shape index (κ3) is 2.92. The summed E-state index contributed by atoms with van der Waals surface area (Å²) in [6.07, 6.45) is -0.812. The van der Waals surface area contributed by atoms with Crippen LogP contribution in [0.4, 0.5) is 13.6 Å². The van der Waals surface area contributed by atoms with Gasteiger partial charge in [-0.2, -0.15) is 5.26 Å². The van der Waals surface area contributed by atoms with Crippen molar-refractivity contribution in [2.45, 2.75) is 0 Å². The van der Waals surface area contributed by atoms with Crippen LogP contribution in [-0.4, -0.2) is 24.6 Å². The van der Waals surface area contributed by atoms with Crippen molar-refractivity contribution in [1.82, 2.24) is 4.90 Å². The Morgan fingerprint density at radius 1 is 1.50 bits per heavy atom. The van der Waals surface area contributed by atoms with Gasteiger partial charge in [0, 0.05) is 13.1 Å². The fourth-order valence-electron chi connectivity index (χ4n) is 0.890. The number of halogens is 2. The first-order valence-corrected chi connectivity index (χ1v) is 4.29. The van der Waals surface area contributed by atoms with E-state index in [0.717, 1.165) is 23.1 Å². The zero-order valence-corrected chi connectivity index (χ0v) is 8.41. The van der Waals surface area contributed by atoms with E-state index in [4.69, 9.17) is 10.00 Å². The van der Waals surface area contributed by atoms with Crippen molar-refractivity contribution in [2.75, 3.05) is 13.6 Å². The van der Waals surface area contributed by atoms with E-state index in [1.807, 2.05) is 0 Å². The Hall–Kier alpha value is -2.16. The second-order valence-electron chi connectivity index (χ2n) is 2.96. The number of hydrogen-bond acceptors (Lipinski definition) is 3. The van der Waals surface area contributed by atoms with Crippen molar-refractivity contribution in [3.8, 4) is 11.8 Å². The van der Waals surface area contributed by atoms with Gasteiger partial charge >= 0.3 is 6.09 Å². The lowest BCUT2D eigenvalue weighted by Crippen LogP contribution is -2.29. The molecular formula is C10H8F2N2O2. The molecule has 0 saturated heterocycles. The highest BCUT2D eigenvalue weighted by molar-refractivity contribution is 5.70. The molecular weight excluding hydrogens is 218 g/mol. The summed E-state index contributed by atoms with van der Waals surface area (Å²) in [6.45, 7) is -0.150. The van der Waals surface area contributed by atoms with Gasteiger partial charge in [0.2, 0.25) is 0 Å². The maximum Gasteiger partial charge on any atom is 0.415 e. The fraction of sp³-hybridized carbons (Fsp3) is 0.200. The Kier molecular flexibility index (Phi) is 3.78. The quantitative estimate of drug-likeness (QED) is 0.724. The first-order valence-electron chi connectivity index (χ1n) is 4.29. The Morgan fingerprint density at radius 3 is 2.75 bits per heavy atom. The molecule has 0 N–H and O–H groups in total. The van der Waals surface area contributed by atoms with Crippen LogP contribution in [-0.2, 0) is 0 Å². The molecule has 0 bridgehead atoms. The van der Waals surface area contributed by atoms with Crippen LogP contribution in [0.3, 0.4) is 0 Å². The summed E-state index contributed by atoms with van der Waals surface area (Å²) in [7, 11) is 1.35. The van der Waals surface area contributed by atoms with E-state index in [0.29, 0.717) is 0 Å². The molecule has 0 atom stereocenters. The van der Waals surface area contributed by atoms with Crippen molar-refractivity contribution in [1.29, 1.82) is 5.26 Å². The largest absolute Gasteiger partial charge is 0.415 e. The Balaban J connectivity index is 2.70. The molecule has 4 nitrogen and oxygen atoms in total. The van der Waals surface area contributed by atoms with Gasteiger partial charge in [0.25, 0.3) is 0 Å². The van der Waals surface area contributed by atoms with E-state index < -0.39 is 17.7 Å². The Morgan fingerprint density at radius 2 is 2.19 bits per heavy atom. The van der Waals surface area contributed by atoms with Gasteiger partial charge in [-0.05, 0) is 12.1 Å². The second kappa shape index (κ2) is 5.07. The minimum atomic E-state index is -1.10. The smallest absolute Gasteiger partial charge is 0.410 e. The van der Waals surface area contributed by atoms with Crippen LogP contribution in [0.15, 0.2) is 18.2 Å². The normalized spacial score (nSPS) is 9.38. The van der Waals surface area contributed by atoms with Gasteiger partial charge in [-0.3, -0.25) is 4.90 Å². The summed E-state index contributed by atoms with van der Waals surface area (Å²) < 4.78 is 30.0. The molecule has 84 valence electrons. The summed E-state index contributed by atoms with van der Waals surface area (Å²) in [4.78, 5) is 12.2. The highest BCUT2D eigenvalue weighted by atomic mass is 19.2. The molecule has 0 aromatic heterocycles. The molecule has 0 aliphatic rings. The van der Waals surface area contributed by atoms with Gasteiger partial charge < -0.3 is 4.74 Å². The highest BCUT2D eigenvalue weighted by Gasteiger charge is 2.12. The van der Waals surface area contributed by atoms with Crippen molar-refractivity contribution < 1.29 is 18.3 Å². The van der Waals surface area contributed by atoms with Gasteiger partial charge in [-0.1, -0.05) is 0 Å². The molecule has 1 rings (SSSR count). The van der Waals surface area contributed by atoms with Gasteiger partial charge in [-0.15, -0.1) is 0 Å². The van der Waals surface area contributed by atoms with Crippen molar-refractivity contribution >= 4 is 6.09 Å². The molecule has 1 aromatic carbocycles. The molecule has 0 aliphatic carbocycles. The number of benzene rings is 1. The van der Waals surface area contributed by atoms with Crippen molar-refractivity contribution in [2.24, 2.45) is 0 Å². The van der Waals surface area contributed by atoms with E-state index in [2.05, 4.69) is 0 Å². The van der Waals surface area contributed by atoms with E-state index >= 15 is 0 Å². The van der Waals surface area contributed by atoms with Gasteiger partial charge in [0.1, 0.15) is 12.3 Å². The first kappa shape index (κ1) is 11.9. The van der Waals surface area contributed by atoms with Gasteiger partial charge in [0.05, 0.1) is 6.07 Å². The van der Waals surface area contributed by atoms with Crippen molar-refractivity contribution in [3.05, 3.63) is 29.8 Å². The zero-order valence-electron chi connectivity index (χ0n) is 8.41. The number of nitriles is 1. The minimum absolute atomic E-state index is 0.117. The average molecular weight is 226 g/mol. The first-order chi connectivity index (χ1) is 7.54. The molecule has 0 fully saturated rings. The summed E-state index contributed by atoms with van der Waals surface area (Å²) in [5.74, 6) is -2.24. The molecule has 0 heterocycles. The van der Waals surface area contributed by atoms with Crippen LogP contribution in [0.5, 0.6) is 5.75 Å². The van der Waals surface area contributed by atoms with E-state index in [1.54, 1.807) is 6.07 Å². The second-order valence-corrected chi connectivity index (χ2v) is 2.96. The Bertz CT molecular complexity index is 443. The number of nitrogens with zero attached hydrogens (tertiary/aromatic N) is 2. The van der Waals surface area contributed by atoms with E-state index in [-0.39, 0.29) is 12.3 Å². The molecule has 0 aliphatic heterocycles. The lowest BCUT2D eigenvalue weighted by atomic mass is 10.3. The molecule has 1 aromatic rings. The van der Waals surface area contributed by atoms with Crippen LogP contribution < -0.4 is 4.74 Å². The maximum atomic E-state index is 12.7. The zero-order chi connectivity index (χ0) is 12.1. The van der Waals surface area contributed by atoms with Crippen LogP contribution in [0, 0.1) is 23.0 Å². The molecule has 0 saturated carbocycles. The molecule has 0 radical (unpaired) electrons. The third-order valence-electron chi connectivity index (χ3n) is 1.72. The number of carbonyl (C=O) groups is 1. The summed E-state index contributed by atoms with van der Waals surface area (Å²) in [5, 5.41) is 8.32. The predicted octanol–water partition coefficient (Wildman–Crippen LogP) is 1.92. The number of ether oxygens (including phenoxy) is 1. The molecule has 0 unspecified atom stereocenters. The highest BCUT2D eigenvalue weighted by Crippen LogP contribution is 2.15. The maximum absolute atomic E-state index is 12.7. The van der Waals surface area contributed by atoms with Gasteiger partial charge in [-0.25, -0.2) is 13.6 Å². The third-order valence-corrected chi connectivity index (χ3v) is 1.72. The molecule has 0 spiro atoms. The summed E-state index contributed by atoms with van der Waals surface area (Å²) in [5.41, 5.74) is 0. The SMILES string of the molecule is CN(CC#N)C(=O)Oc1ccc(F)c(F)c1. The monoisotopic (exact) mass is 226 g/mol. The van der Waals surface area contributed by atoms with Crippen molar-refractivity contribution in [3.63, 3.8) is 0 Å². The number of carbonyl (C=O) groups excluding carboxylic acids is 1.